The molecule has 260 valence electrons. The predicted molar refractivity (Wildman–Crippen MR) is 185 cm³/mol. The monoisotopic (exact) mass is 702 g/mol. The van der Waals surface area contributed by atoms with Crippen molar-refractivity contribution in [1.29, 1.82) is 0 Å². The molecule has 0 aliphatic carbocycles. The molecule has 2 aromatic rings. The molecule has 0 aliphatic rings. The number of hydrogen-bond donors (Lipinski definition) is 2. The van der Waals surface area contributed by atoms with Crippen LogP contribution in [-0.4, -0.2) is 22.2 Å². The molecule has 0 unspecified atom stereocenters. The predicted octanol–water partition coefficient (Wildman–Crippen LogP) is 8.76. The average Bonchev–Trinajstić information content (AvgIpc) is 2.98. The molecule has 0 aromatic heterocycles. The topological polar surface area (TPSA) is 121 Å². The van der Waals surface area contributed by atoms with Crippen molar-refractivity contribution in [1.82, 2.24) is 0 Å². The van der Waals surface area contributed by atoms with Crippen LogP contribution in [0.4, 0.5) is 0 Å². The molecule has 0 fully saturated rings. The van der Waals surface area contributed by atoms with Gasteiger partial charge in [-0.3, -0.25) is 0 Å². The van der Waals surface area contributed by atoms with Crippen molar-refractivity contribution in [3.63, 3.8) is 0 Å². The van der Waals surface area contributed by atoms with Crippen molar-refractivity contribution in [3.8, 4) is 11.5 Å². The second-order valence-corrected chi connectivity index (χ2v) is 14.0. The van der Waals surface area contributed by atoms with E-state index in [-0.39, 0.29) is 42.1 Å². The van der Waals surface area contributed by atoms with Crippen LogP contribution in [0.5, 0.6) is 11.5 Å². The van der Waals surface area contributed by atoms with Crippen molar-refractivity contribution < 1.29 is 49.5 Å². The number of unbranched alkanes of at least 4 members (excludes halogenated alkanes) is 12. The minimum atomic E-state index is -1.31. The van der Waals surface area contributed by atoms with Gasteiger partial charge in [0.2, 0.25) is 0 Å². The Morgan fingerprint density at radius 3 is 1.09 bits per heavy atom. The summed E-state index contributed by atoms with van der Waals surface area (Å²) in [5, 5.41) is 41.4. The van der Waals surface area contributed by atoms with Gasteiger partial charge in [0.25, 0.3) is 0 Å². The Morgan fingerprint density at radius 2 is 0.809 bits per heavy atom. The average molecular weight is 704 g/mol. The molecular weight excluding hydrogens is 642 g/mol. The van der Waals surface area contributed by atoms with E-state index in [1.165, 1.54) is 89.9 Å². The van der Waals surface area contributed by atoms with Gasteiger partial charge in [-0.2, -0.15) is 0 Å². The zero-order chi connectivity index (χ0) is 34.5. The molecule has 2 N–H and O–H groups in total. The summed E-state index contributed by atoms with van der Waals surface area (Å²) in [6, 6.07) is 6.83. The first kappa shape index (κ1) is 44.6. The van der Waals surface area contributed by atoms with Crippen LogP contribution in [0, 0.1) is 25.7 Å². The molecular formula is C40H62O6Zn. The first-order valence-corrected chi connectivity index (χ1v) is 17.9. The number of rotatable bonds is 22. The summed E-state index contributed by atoms with van der Waals surface area (Å²) < 4.78 is 0. The molecule has 0 aliphatic heterocycles. The summed E-state index contributed by atoms with van der Waals surface area (Å²) in [4.78, 5) is 22.0. The second-order valence-electron chi connectivity index (χ2n) is 14.0. The van der Waals surface area contributed by atoms with Crippen LogP contribution in [0.2, 0.25) is 0 Å². The second kappa shape index (κ2) is 25.6. The fourth-order valence-electron chi connectivity index (χ4n) is 5.84. The van der Waals surface area contributed by atoms with Crippen LogP contribution in [0.3, 0.4) is 0 Å². The Kier molecular flexibility index (Phi) is 24.3. The number of carboxylic acid groups (broad SMARTS) is 2. The molecule has 0 radical (unpaired) electrons. The Morgan fingerprint density at radius 1 is 0.532 bits per heavy atom. The first-order chi connectivity index (χ1) is 21.8. The van der Waals surface area contributed by atoms with Gasteiger partial charge in [0.1, 0.15) is 11.5 Å². The molecule has 0 amide bonds. The zero-order valence-electron chi connectivity index (χ0n) is 30.4. The SMILES string of the molecule is Cc1cc(CCCCCCCCCC(C)C)cc(C(=O)[O-])c1O.Cc1cc(CCCCCCCCCC(C)C)cc(C(=O)[O-])c1O.[Zn+2]. The quantitative estimate of drug-likeness (QED) is 0.0935. The Hall–Kier alpha value is -2.40. The van der Waals surface area contributed by atoms with Gasteiger partial charge in [-0.25, -0.2) is 0 Å². The summed E-state index contributed by atoms with van der Waals surface area (Å²) in [6.45, 7) is 12.5. The Labute approximate surface area is 298 Å². The maximum absolute atomic E-state index is 11.0. The van der Waals surface area contributed by atoms with E-state index < -0.39 is 11.9 Å². The molecule has 0 atom stereocenters. The number of hydrogen-bond acceptors (Lipinski definition) is 6. The summed E-state index contributed by atoms with van der Waals surface area (Å²) in [5.74, 6) is -1.34. The first-order valence-electron chi connectivity index (χ1n) is 17.9. The van der Waals surface area contributed by atoms with Crippen molar-refractivity contribution in [2.75, 3.05) is 0 Å². The summed E-state index contributed by atoms with van der Waals surface area (Å²) in [6.07, 6.45) is 21.9. The van der Waals surface area contributed by atoms with Crippen molar-refractivity contribution in [2.24, 2.45) is 11.8 Å². The molecule has 0 heterocycles. The van der Waals surface area contributed by atoms with E-state index in [0.29, 0.717) is 11.1 Å². The van der Waals surface area contributed by atoms with Crippen LogP contribution in [0.25, 0.3) is 0 Å². The molecule has 0 spiro atoms. The van der Waals surface area contributed by atoms with E-state index >= 15 is 0 Å². The maximum atomic E-state index is 11.0. The van der Waals surface area contributed by atoms with Gasteiger partial charge in [-0.1, -0.05) is 130 Å². The smallest absolute Gasteiger partial charge is 0.545 e. The Bertz CT molecular complexity index is 1080. The van der Waals surface area contributed by atoms with Gasteiger partial charge in [0.05, 0.1) is 11.9 Å². The molecule has 0 bridgehead atoms. The van der Waals surface area contributed by atoms with Gasteiger partial charge < -0.3 is 30.0 Å². The largest absolute Gasteiger partial charge is 2.00 e. The third-order valence-corrected chi connectivity index (χ3v) is 8.65. The van der Waals surface area contributed by atoms with Gasteiger partial charge in [-0.15, -0.1) is 0 Å². The molecule has 2 rings (SSSR count). The van der Waals surface area contributed by atoms with E-state index in [1.54, 1.807) is 26.0 Å². The third-order valence-electron chi connectivity index (χ3n) is 8.65. The van der Waals surface area contributed by atoms with Crippen LogP contribution < -0.4 is 10.2 Å². The minimum absolute atomic E-state index is 0. The summed E-state index contributed by atoms with van der Waals surface area (Å²) >= 11 is 0. The van der Waals surface area contributed by atoms with Crippen molar-refractivity contribution >= 4 is 11.9 Å². The van der Waals surface area contributed by atoms with Crippen molar-refractivity contribution in [2.45, 2.75) is 157 Å². The van der Waals surface area contributed by atoms with E-state index in [4.69, 9.17) is 0 Å². The molecule has 6 nitrogen and oxygen atoms in total. The normalized spacial score (nSPS) is 10.9. The zero-order valence-corrected chi connectivity index (χ0v) is 33.4. The molecule has 2 aromatic carbocycles. The number of carboxylic acids is 2. The Balaban J connectivity index is 0.000000882. The van der Waals surface area contributed by atoms with Gasteiger partial charge in [0.15, 0.2) is 0 Å². The number of carbonyl (C=O) groups excluding carboxylic acids is 2. The van der Waals surface area contributed by atoms with E-state index in [1.807, 2.05) is 12.1 Å². The van der Waals surface area contributed by atoms with Gasteiger partial charge in [0, 0.05) is 11.1 Å². The number of carbonyl (C=O) groups is 2. The molecule has 0 saturated heterocycles. The van der Waals surface area contributed by atoms with Gasteiger partial charge >= 0.3 is 19.5 Å². The maximum Gasteiger partial charge on any atom is 2.00 e. The fourth-order valence-corrected chi connectivity index (χ4v) is 5.84. The van der Waals surface area contributed by atoms with E-state index in [9.17, 15) is 30.0 Å². The number of phenols is 2. The third kappa shape index (κ3) is 19.9. The summed E-state index contributed by atoms with van der Waals surface area (Å²) in [5.41, 5.74) is 2.96. The number of aromatic hydroxyl groups is 2. The number of aromatic carboxylic acids is 2. The van der Waals surface area contributed by atoms with Crippen LogP contribution >= 0.6 is 0 Å². The minimum Gasteiger partial charge on any atom is -0.545 e. The van der Waals surface area contributed by atoms with Crippen LogP contribution in [0.1, 0.15) is 173 Å². The summed E-state index contributed by atoms with van der Waals surface area (Å²) in [7, 11) is 0. The van der Waals surface area contributed by atoms with Crippen LogP contribution in [-0.2, 0) is 32.3 Å². The standard InChI is InChI=1S/2C20H32O3.Zn/c2*1-15(2)11-9-7-5-4-6-8-10-12-17-13-16(3)19(21)18(14-17)20(22)23;/h2*13-15,21H,4-12H2,1-3H3,(H,22,23);/q;;+2/p-2. The molecule has 0 saturated carbocycles. The van der Waals surface area contributed by atoms with E-state index in [0.717, 1.165) is 48.6 Å². The number of aryl methyl sites for hydroxylation is 4. The van der Waals surface area contributed by atoms with Crippen molar-refractivity contribution in [3.05, 3.63) is 57.6 Å². The van der Waals surface area contributed by atoms with Crippen LogP contribution in [0.15, 0.2) is 24.3 Å². The molecule has 7 heteroatoms. The number of benzene rings is 2. The van der Waals surface area contributed by atoms with Gasteiger partial charge in [-0.05, 0) is 85.8 Å². The molecule has 47 heavy (non-hydrogen) atoms. The fraction of sp³-hybridized carbons (Fsp3) is 0.650. The van der Waals surface area contributed by atoms with E-state index in [2.05, 4.69) is 27.7 Å².